The van der Waals surface area contributed by atoms with Crippen LogP contribution < -0.4 is 10.2 Å². The van der Waals surface area contributed by atoms with Crippen molar-refractivity contribution in [3.05, 3.63) is 51.8 Å². The van der Waals surface area contributed by atoms with Crippen molar-refractivity contribution in [1.82, 2.24) is 15.3 Å². The van der Waals surface area contributed by atoms with Gasteiger partial charge in [-0.05, 0) is 43.4 Å². The first-order valence-corrected chi connectivity index (χ1v) is 9.18. The first kappa shape index (κ1) is 18.0. The van der Waals surface area contributed by atoms with Gasteiger partial charge in [-0.1, -0.05) is 29.3 Å². The van der Waals surface area contributed by atoms with Gasteiger partial charge < -0.3 is 10.2 Å². The largest absolute Gasteiger partial charge is 0.352 e. The van der Waals surface area contributed by atoms with E-state index >= 15 is 0 Å². The van der Waals surface area contributed by atoms with Crippen LogP contribution in [0.1, 0.15) is 35.2 Å². The molecule has 1 N–H and O–H groups in total. The number of hydrogen-bond acceptors (Lipinski definition) is 4. The molecular weight excluding hydrogens is 359 g/mol. The van der Waals surface area contributed by atoms with Gasteiger partial charge in [0.25, 0.3) is 5.91 Å². The van der Waals surface area contributed by atoms with Crippen LogP contribution in [0.25, 0.3) is 0 Å². The third kappa shape index (κ3) is 4.83. The van der Waals surface area contributed by atoms with Crippen molar-refractivity contribution in [3.63, 3.8) is 0 Å². The molecule has 1 aromatic heterocycles. The molecule has 1 amide bonds. The van der Waals surface area contributed by atoms with Crippen LogP contribution >= 0.6 is 23.2 Å². The maximum Gasteiger partial charge on any atom is 0.254 e. The number of piperidine rings is 1. The quantitative estimate of drug-likeness (QED) is 0.860. The molecule has 1 fully saturated rings. The van der Waals surface area contributed by atoms with Gasteiger partial charge in [-0.25, -0.2) is 9.97 Å². The van der Waals surface area contributed by atoms with E-state index in [4.69, 9.17) is 23.2 Å². The lowest BCUT2D eigenvalue weighted by Gasteiger charge is -2.26. The molecule has 5 nitrogen and oxygen atoms in total. The number of aromatic nitrogens is 2. The van der Waals surface area contributed by atoms with Crippen LogP contribution in [0.15, 0.2) is 30.6 Å². The van der Waals surface area contributed by atoms with Gasteiger partial charge in [-0.3, -0.25) is 4.79 Å². The summed E-state index contributed by atoms with van der Waals surface area (Å²) in [5, 5.41) is 4.07. The molecule has 2 heterocycles. The van der Waals surface area contributed by atoms with Gasteiger partial charge in [0.2, 0.25) is 5.95 Å². The van der Waals surface area contributed by atoms with Crippen molar-refractivity contribution in [1.29, 1.82) is 0 Å². The lowest BCUT2D eigenvalue weighted by atomic mass is 10.1. The topological polar surface area (TPSA) is 58.1 Å². The number of carbonyl (C=O) groups is 1. The van der Waals surface area contributed by atoms with E-state index in [1.807, 2.05) is 6.07 Å². The number of anilines is 1. The summed E-state index contributed by atoms with van der Waals surface area (Å²) >= 11 is 12.0. The molecule has 1 saturated heterocycles. The smallest absolute Gasteiger partial charge is 0.254 e. The molecule has 3 rings (SSSR count). The monoisotopic (exact) mass is 378 g/mol. The van der Waals surface area contributed by atoms with Crippen LogP contribution in [-0.2, 0) is 6.42 Å². The Kier molecular flexibility index (Phi) is 6.10. The molecule has 132 valence electrons. The van der Waals surface area contributed by atoms with Crippen molar-refractivity contribution in [2.24, 2.45) is 0 Å². The van der Waals surface area contributed by atoms with Crippen molar-refractivity contribution in [2.75, 3.05) is 24.5 Å². The summed E-state index contributed by atoms with van der Waals surface area (Å²) in [5.41, 5.74) is 1.41. The highest BCUT2D eigenvalue weighted by Crippen LogP contribution is 2.21. The average molecular weight is 379 g/mol. The minimum atomic E-state index is -0.185. The summed E-state index contributed by atoms with van der Waals surface area (Å²) in [6.45, 7) is 2.44. The van der Waals surface area contributed by atoms with Gasteiger partial charge in [0, 0.05) is 42.1 Å². The predicted molar refractivity (Wildman–Crippen MR) is 101 cm³/mol. The Morgan fingerprint density at radius 1 is 1.12 bits per heavy atom. The molecule has 0 bridgehead atoms. The van der Waals surface area contributed by atoms with Crippen molar-refractivity contribution < 1.29 is 4.79 Å². The van der Waals surface area contributed by atoms with Crippen LogP contribution in [-0.4, -0.2) is 35.5 Å². The highest BCUT2D eigenvalue weighted by molar-refractivity contribution is 6.35. The number of benzene rings is 1. The van der Waals surface area contributed by atoms with Gasteiger partial charge in [-0.2, -0.15) is 0 Å². The van der Waals surface area contributed by atoms with Crippen molar-refractivity contribution in [2.45, 2.75) is 25.7 Å². The zero-order valence-electron chi connectivity index (χ0n) is 13.8. The second-order valence-electron chi connectivity index (χ2n) is 6.06. The lowest BCUT2D eigenvalue weighted by Crippen LogP contribution is -2.31. The summed E-state index contributed by atoms with van der Waals surface area (Å²) in [5.74, 6) is 0.513. The number of rotatable bonds is 5. The highest BCUT2D eigenvalue weighted by atomic mass is 35.5. The van der Waals surface area contributed by atoms with Crippen molar-refractivity contribution >= 4 is 35.1 Å². The summed E-state index contributed by atoms with van der Waals surface area (Å²) < 4.78 is 0. The molecule has 0 aliphatic carbocycles. The zero-order chi connectivity index (χ0) is 17.6. The Hall–Kier alpha value is -1.85. The Labute approximate surface area is 157 Å². The minimum absolute atomic E-state index is 0.185. The Bertz CT molecular complexity index is 730. The fourth-order valence-corrected chi connectivity index (χ4v) is 3.34. The SMILES string of the molecule is O=C(NCCc1ccc(Cl)cc1Cl)c1cnc(N2CCCCC2)nc1. The van der Waals surface area contributed by atoms with Gasteiger partial charge >= 0.3 is 0 Å². The predicted octanol–water partition coefficient (Wildman–Crippen LogP) is 3.75. The molecular formula is C18H20Cl2N4O. The first-order valence-electron chi connectivity index (χ1n) is 8.42. The zero-order valence-corrected chi connectivity index (χ0v) is 15.4. The van der Waals surface area contributed by atoms with E-state index in [-0.39, 0.29) is 5.91 Å². The molecule has 0 saturated carbocycles. The number of carbonyl (C=O) groups excluding carboxylic acids is 1. The number of amides is 1. The van der Waals surface area contributed by atoms with E-state index in [2.05, 4.69) is 20.2 Å². The fourth-order valence-electron chi connectivity index (χ4n) is 2.83. The maximum absolute atomic E-state index is 12.2. The van der Waals surface area contributed by atoms with E-state index in [9.17, 15) is 4.79 Å². The Balaban J connectivity index is 1.52. The Morgan fingerprint density at radius 2 is 1.84 bits per heavy atom. The second-order valence-corrected chi connectivity index (χ2v) is 6.90. The van der Waals surface area contributed by atoms with Crippen LogP contribution in [0.3, 0.4) is 0 Å². The molecule has 0 spiro atoms. The molecule has 0 radical (unpaired) electrons. The van der Waals surface area contributed by atoms with Crippen LogP contribution in [0, 0.1) is 0 Å². The summed E-state index contributed by atoms with van der Waals surface area (Å²) in [6, 6.07) is 5.36. The minimum Gasteiger partial charge on any atom is -0.352 e. The van der Waals surface area contributed by atoms with Gasteiger partial charge in [-0.15, -0.1) is 0 Å². The van der Waals surface area contributed by atoms with E-state index in [0.29, 0.717) is 34.5 Å². The first-order chi connectivity index (χ1) is 12.1. The summed E-state index contributed by atoms with van der Waals surface area (Å²) in [7, 11) is 0. The fraction of sp³-hybridized carbons (Fsp3) is 0.389. The van der Waals surface area contributed by atoms with E-state index in [1.54, 1.807) is 24.5 Å². The molecule has 0 unspecified atom stereocenters. The molecule has 0 atom stereocenters. The highest BCUT2D eigenvalue weighted by Gasteiger charge is 2.14. The average Bonchev–Trinajstić information content (AvgIpc) is 2.64. The van der Waals surface area contributed by atoms with E-state index < -0.39 is 0 Å². The normalized spacial score (nSPS) is 14.4. The lowest BCUT2D eigenvalue weighted by molar-refractivity contribution is 0.0953. The maximum atomic E-state index is 12.2. The summed E-state index contributed by atoms with van der Waals surface area (Å²) in [6.07, 6.45) is 7.39. The molecule has 2 aromatic rings. The Morgan fingerprint density at radius 3 is 2.52 bits per heavy atom. The van der Waals surface area contributed by atoms with Gasteiger partial charge in [0.15, 0.2) is 0 Å². The molecule has 1 aliphatic rings. The number of hydrogen-bond donors (Lipinski definition) is 1. The van der Waals surface area contributed by atoms with E-state index in [0.717, 1.165) is 18.7 Å². The molecule has 7 heteroatoms. The number of nitrogens with zero attached hydrogens (tertiary/aromatic N) is 3. The second kappa shape index (κ2) is 8.50. The third-order valence-electron chi connectivity index (χ3n) is 4.23. The summed E-state index contributed by atoms with van der Waals surface area (Å²) in [4.78, 5) is 23.0. The van der Waals surface area contributed by atoms with Crippen LogP contribution in [0.4, 0.5) is 5.95 Å². The van der Waals surface area contributed by atoms with Gasteiger partial charge in [0.1, 0.15) is 0 Å². The van der Waals surface area contributed by atoms with Crippen LogP contribution in [0.2, 0.25) is 10.0 Å². The third-order valence-corrected chi connectivity index (χ3v) is 4.82. The standard InChI is InChI=1S/C18H20Cl2N4O/c19-15-5-4-13(16(20)10-15)6-7-21-17(25)14-11-22-18(23-12-14)24-8-2-1-3-9-24/h4-5,10-12H,1-3,6-9H2,(H,21,25). The number of nitrogens with one attached hydrogen (secondary N) is 1. The number of halogens is 2. The van der Waals surface area contributed by atoms with Gasteiger partial charge in [0.05, 0.1) is 5.56 Å². The molecule has 1 aromatic carbocycles. The molecule has 1 aliphatic heterocycles. The van der Waals surface area contributed by atoms with E-state index in [1.165, 1.54) is 19.3 Å². The van der Waals surface area contributed by atoms with Crippen molar-refractivity contribution in [3.8, 4) is 0 Å². The van der Waals surface area contributed by atoms with Crippen LogP contribution in [0.5, 0.6) is 0 Å². The molecule has 25 heavy (non-hydrogen) atoms.